The maximum absolute atomic E-state index is 12.2. The maximum atomic E-state index is 12.2. The van der Waals surface area contributed by atoms with Crippen molar-refractivity contribution in [3.63, 3.8) is 0 Å². The fourth-order valence-electron chi connectivity index (χ4n) is 2.72. The first-order chi connectivity index (χ1) is 9.63. The average Bonchev–Trinajstić information content (AvgIpc) is 3.03. The van der Waals surface area contributed by atoms with E-state index in [9.17, 15) is 9.90 Å². The van der Waals surface area contributed by atoms with E-state index in [4.69, 9.17) is 15.2 Å². The predicted molar refractivity (Wildman–Crippen MR) is 72.7 cm³/mol. The van der Waals surface area contributed by atoms with Crippen molar-refractivity contribution in [2.75, 3.05) is 19.1 Å². The van der Waals surface area contributed by atoms with Crippen molar-refractivity contribution in [1.82, 2.24) is 5.32 Å². The third-order valence-electron chi connectivity index (χ3n) is 3.85. The van der Waals surface area contributed by atoms with Crippen LogP contribution in [0.25, 0.3) is 0 Å². The minimum absolute atomic E-state index is 0.153. The summed E-state index contributed by atoms with van der Waals surface area (Å²) in [4.78, 5) is 12.2. The summed E-state index contributed by atoms with van der Waals surface area (Å²) in [6, 6.07) is 3.22. The molecule has 0 spiro atoms. The molecule has 4 N–H and O–H groups in total. The Bertz CT molecular complexity index is 532. The monoisotopic (exact) mass is 278 g/mol. The molecule has 1 aromatic rings. The van der Waals surface area contributed by atoms with Crippen molar-refractivity contribution >= 4 is 11.6 Å². The van der Waals surface area contributed by atoms with Crippen molar-refractivity contribution in [2.45, 2.75) is 25.4 Å². The fraction of sp³-hybridized carbons (Fsp3) is 0.500. The van der Waals surface area contributed by atoms with Crippen molar-refractivity contribution in [2.24, 2.45) is 5.92 Å². The number of anilines is 1. The van der Waals surface area contributed by atoms with Gasteiger partial charge in [0.05, 0.1) is 11.7 Å². The van der Waals surface area contributed by atoms with Crippen LogP contribution in [0.1, 0.15) is 29.6 Å². The predicted octanol–water partition coefficient (Wildman–Crippen LogP) is 0.888. The van der Waals surface area contributed by atoms with E-state index in [1.54, 1.807) is 12.1 Å². The molecule has 1 aliphatic heterocycles. The molecule has 0 aromatic heterocycles. The van der Waals surface area contributed by atoms with E-state index in [1.165, 1.54) is 0 Å². The van der Waals surface area contributed by atoms with Crippen LogP contribution in [0.3, 0.4) is 0 Å². The zero-order valence-electron chi connectivity index (χ0n) is 11.1. The Morgan fingerprint density at radius 2 is 2.10 bits per heavy atom. The van der Waals surface area contributed by atoms with Crippen LogP contribution in [-0.2, 0) is 0 Å². The van der Waals surface area contributed by atoms with Crippen molar-refractivity contribution < 1.29 is 19.4 Å². The minimum atomic E-state index is -0.229. The minimum Gasteiger partial charge on any atom is -0.454 e. The van der Waals surface area contributed by atoms with Crippen LogP contribution in [0.4, 0.5) is 5.69 Å². The zero-order chi connectivity index (χ0) is 14.1. The molecule has 0 saturated heterocycles. The van der Waals surface area contributed by atoms with Crippen LogP contribution in [0, 0.1) is 5.92 Å². The van der Waals surface area contributed by atoms with E-state index in [0.29, 0.717) is 35.2 Å². The molecule has 1 heterocycles. The first kappa shape index (κ1) is 13.1. The largest absolute Gasteiger partial charge is 0.454 e. The lowest BCUT2D eigenvalue weighted by atomic mass is 10.1. The lowest BCUT2D eigenvalue weighted by Crippen LogP contribution is -2.29. The van der Waals surface area contributed by atoms with E-state index in [1.807, 2.05) is 0 Å². The van der Waals surface area contributed by atoms with Gasteiger partial charge in [-0.15, -0.1) is 0 Å². The Labute approximate surface area is 116 Å². The van der Waals surface area contributed by atoms with Gasteiger partial charge in [0.1, 0.15) is 0 Å². The highest BCUT2D eigenvalue weighted by molar-refractivity contribution is 6.00. The smallest absolute Gasteiger partial charge is 0.253 e. The first-order valence-corrected chi connectivity index (χ1v) is 6.79. The topological polar surface area (TPSA) is 93.8 Å². The molecule has 6 nitrogen and oxygen atoms in total. The average molecular weight is 278 g/mol. The third kappa shape index (κ3) is 2.51. The van der Waals surface area contributed by atoms with Crippen molar-refractivity contribution in [1.29, 1.82) is 0 Å². The van der Waals surface area contributed by atoms with Gasteiger partial charge in [-0.3, -0.25) is 4.79 Å². The standard InChI is InChI=1S/C14H18N2O4/c15-11-5-13-12(19-7-20-13)4-10(11)14(18)16-6-8-1-2-9(17)3-8/h4-5,8-9,17H,1-3,6-7,15H2,(H,16,18). The van der Waals surface area contributed by atoms with Gasteiger partial charge in [0.2, 0.25) is 6.79 Å². The summed E-state index contributed by atoms with van der Waals surface area (Å²) < 4.78 is 10.5. The molecule has 1 saturated carbocycles. The molecule has 2 atom stereocenters. The summed E-state index contributed by atoms with van der Waals surface area (Å²) >= 11 is 0. The summed E-state index contributed by atoms with van der Waals surface area (Å²) in [7, 11) is 0. The summed E-state index contributed by atoms with van der Waals surface area (Å²) in [6.07, 6.45) is 2.27. The molecule has 2 unspecified atom stereocenters. The van der Waals surface area contributed by atoms with Gasteiger partial charge in [0.15, 0.2) is 11.5 Å². The highest BCUT2D eigenvalue weighted by atomic mass is 16.7. The lowest BCUT2D eigenvalue weighted by molar-refractivity contribution is 0.0945. The summed E-state index contributed by atoms with van der Waals surface area (Å²) in [6.45, 7) is 0.712. The number of nitrogens with one attached hydrogen (secondary N) is 1. The summed E-state index contributed by atoms with van der Waals surface area (Å²) in [5.74, 6) is 1.23. The molecular weight excluding hydrogens is 260 g/mol. The van der Waals surface area contributed by atoms with Gasteiger partial charge >= 0.3 is 0 Å². The van der Waals surface area contributed by atoms with E-state index in [-0.39, 0.29) is 18.8 Å². The van der Waals surface area contributed by atoms with Gasteiger partial charge in [0.25, 0.3) is 5.91 Å². The molecule has 108 valence electrons. The van der Waals surface area contributed by atoms with E-state index in [2.05, 4.69) is 5.32 Å². The molecule has 1 aromatic carbocycles. The number of benzene rings is 1. The van der Waals surface area contributed by atoms with Gasteiger partial charge in [-0.2, -0.15) is 0 Å². The second kappa shape index (κ2) is 5.20. The molecule has 6 heteroatoms. The Balaban J connectivity index is 1.65. The molecule has 2 aliphatic rings. The number of nitrogen functional groups attached to an aromatic ring is 1. The molecule has 1 aliphatic carbocycles. The van der Waals surface area contributed by atoms with Gasteiger partial charge in [0, 0.05) is 18.3 Å². The number of carbonyl (C=O) groups is 1. The van der Waals surface area contributed by atoms with Crippen LogP contribution in [-0.4, -0.2) is 30.5 Å². The van der Waals surface area contributed by atoms with Crippen LogP contribution in [0.15, 0.2) is 12.1 Å². The quantitative estimate of drug-likeness (QED) is 0.714. The highest BCUT2D eigenvalue weighted by Gasteiger charge is 2.24. The second-order valence-corrected chi connectivity index (χ2v) is 5.34. The maximum Gasteiger partial charge on any atom is 0.253 e. The number of nitrogens with two attached hydrogens (primary N) is 1. The van der Waals surface area contributed by atoms with Crippen LogP contribution in [0.5, 0.6) is 11.5 Å². The number of amides is 1. The van der Waals surface area contributed by atoms with Crippen molar-refractivity contribution in [3.8, 4) is 11.5 Å². The number of rotatable bonds is 3. The Morgan fingerprint density at radius 1 is 1.35 bits per heavy atom. The molecular formula is C14H18N2O4. The number of ether oxygens (including phenoxy) is 2. The number of carbonyl (C=O) groups excluding carboxylic acids is 1. The lowest BCUT2D eigenvalue weighted by Gasteiger charge is -2.12. The molecule has 3 rings (SSSR count). The summed E-state index contributed by atoms with van der Waals surface area (Å²) in [5, 5.41) is 12.3. The molecule has 1 fully saturated rings. The van der Waals surface area contributed by atoms with Crippen LogP contribution < -0.4 is 20.5 Å². The fourth-order valence-corrected chi connectivity index (χ4v) is 2.72. The Hall–Kier alpha value is -1.95. The van der Waals surface area contributed by atoms with E-state index in [0.717, 1.165) is 19.3 Å². The van der Waals surface area contributed by atoms with Gasteiger partial charge < -0.3 is 25.6 Å². The number of aliphatic hydroxyl groups excluding tert-OH is 1. The number of fused-ring (bicyclic) bond motifs is 1. The molecule has 1 amide bonds. The molecule has 0 bridgehead atoms. The SMILES string of the molecule is Nc1cc2c(cc1C(=O)NCC1CCC(O)C1)OCO2. The van der Waals surface area contributed by atoms with Gasteiger partial charge in [-0.25, -0.2) is 0 Å². The number of aliphatic hydroxyl groups is 1. The van der Waals surface area contributed by atoms with Crippen LogP contribution >= 0.6 is 0 Å². The van der Waals surface area contributed by atoms with Crippen LogP contribution in [0.2, 0.25) is 0 Å². The number of hydrogen-bond acceptors (Lipinski definition) is 5. The van der Waals surface area contributed by atoms with Gasteiger partial charge in [-0.1, -0.05) is 0 Å². The normalized spacial score (nSPS) is 23.9. The molecule has 20 heavy (non-hydrogen) atoms. The molecule has 0 radical (unpaired) electrons. The first-order valence-electron chi connectivity index (χ1n) is 6.79. The van der Waals surface area contributed by atoms with Crippen molar-refractivity contribution in [3.05, 3.63) is 17.7 Å². The van der Waals surface area contributed by atoms with E-state index >= 15 is 0 Å². The zero-order valence-corrected chi connectivity index (χ0v) is 11.1. The van der Waals surface area contributed by atoms with E-state index < -0.39 is 0 Å². The Kier molecular flexibility index (Phi) is 3.40. The summed E-state index contributed by atoms with van der Waals surface area (Å²) in [5.41, 5.74) is 6.63. The second-order valence-electron chi connectivity index (χ2n) is 5.34. The number of hydrogen-bond donors (Lipinski definition) is 3. The third-order valence-corrected chi connectivity index (χ3v) is 3.85. The highest BCUT2D eigenvalue weighted by Crippen LogP contribution is 2.36. The van der Waals surface area contributed by atoms with Gasteiger partial charge in [-0.05, 0) is 31.2 Å². The Morgan fingerprint density at radius 3 is 2.80 bits per heavy atom.